The van der Waals surface area contributed by atoms with Gasteiger partial charge < -0.3 is 10.6 Å². The highest BCUT2D eigenvalue weighted by Gasteiger charge is 2.68. The van der Waals surface area contributed by atoms with Crippen molar-refractivity contribution in [3.05, 3.63) is 0 Å². The lowest BCUT2D eigenvalue weighted by Gasteiger charge is -2.10. The average molecular weight is 238 g/mol. The monoisotopic (exact) mass is 238 g/mol. The molecule has 0 aromatic heterocycles. The van der Waals surface area contributed by atoms with E-state index in [1.54, 1.807) is 0 Å². The van der Waals surface area contributed by atoms with Crippen molar-refractivity contribution in [3.63, 3.8) is 0 Å². The van der Waals surface area contributed by atoms with E-state index in [4.69, 9.17) is 0 Å². The Morgan fingerprint density at radius 1 is 1.29 bits per heavy atom. The molecule has 1 heterocycles. The van der Waals surface area contributed by atoms with E-state index in [1.807, 2.05) is 0 Å². The molecular formula is C14H26N2O. The Kier molecular flexibility index (Phi) is 3.23. The minimum Gasteiger partial charge on any atom is -0.356 e. The summed E-state index contributed by atoms with van der Waals surface area (Å²) in [5.41, 5.74) is 0.317. The van der Waals surface area contributed by atoms with E-state index in [0.29, 0.717) is 0 Å². The van der Waals surface area contributed by atoms with Crippen LogP contribution in [-0.2, 0) is 4.79 Å². The Balaban J connectivity index is 1.72. The molecule has 17 heavy (non-hydrogen) atoms. The van der Waals surface area contributed by atoms with Crippen molar-refractivity contribution >= 4 is 5.91 Å². The summed E-state index contributed by atoms with van der Waals surface area (Å²) in [6.45, 7) is 11.9. The van der Waals surface area contributed by atoms with Gasteiger partial charge in [0.25, 0.3) is 0 Å². The number of hydrogen-bond donors (Lipinski definition) is 2. The molecule has 2 aliphatic rings. The van der Waals surface area contributed by atoms with Crippen molar-refractivity contribution in [3.8, 4) is 0 Å². The maximum Gasteiger partial charge on any atom is 0.224 e. The number of nitrogens with one attached hydrogen (secondary N) is 2. The third-order valence-electron chi connectivity index (χ3n) is 5.30. The first-order chi connectivity index (χ1) is 7.87. The van der Waals surface area contributed by atoms with Gasteiger partial charge in [-0.3, -0.25) is 4.79 Å². The molecule has 0 aromatic carbocycles. The molecule has 98 valence electrons. The van der Waals surface area contributed by atoms with Crippen LogP contribution in [0.15, 0.2) is 0 Å². The van der Waals surface area contributed by atoms with Gasteiger partial charge in [0.05, 0.1) is 0 Å². The van der Waals surface area contributed by atoms with Crippen molar-refractivity contribution in [2.45, 2.75) is 40.5 Å². The fourth-order valence-corrected chi connectivity index (χ4v) is 3.31. The van der Waals surface area contributed by atoms with Crippen LogP contribution in [0.3, 0.4) is 0 Å². The molecule has 2 fully saturated rings. The van der Waals surface area contributed by atoms with E-state index in [0.717, 1.165) is 32.0 Å². The lowest BCUT2D eigenvalue weighted by molar-refractivity contribution is -0.123. The van der Waals surface area contributed by atoms with E-state index in [2.05, 4.69) is 38.3 Å². The minimum absolute atomic E-state index is 0.159. The smallest absolute Gasteiger partial charge is 0.224 e. The zero-order valence-corrected chi connectivity index (χ0v) is 11.6. The predicted molar refractivity (Wildman–Crippen MR) is 69.7 cm³/mol. The largest absolute Gasteiger partial charge is 0.356 e. The normalized spacial score (nSPS) is 30.2. The van der Waals surface area contributed by atoms with Crippen molar-refractivity contribution in [1.29, 1.82) is 0 Å². The molecule has 1 amide bonds. The van der Waals surface area contributed by atoms with Gasteiger partial charge in [0.1, 0.15) is 0 Å². The van der Waals surface area contributed by atoms with Crippen LogP contribution in [0.2, 0.25) is 0 Å². The molecular weight excluding hydrogens is 212 g/mol. The molecule has 3 heteroatoms. The average Bonchev–Trinajstić information content (AvgIpc) is 2.58. The van der Waals surface area contributed by atoms with E-state index < -0.39 is 0 Å². The SMILES string of the molecule is CC1(C)C(C(=O)NCCC2CCNC2)C1(C)C. The van der Waals surface area contributed by atoms with Crippen molar-refractivity contribution in [2.24, 2.45) is 22.7 Å². The van der Waals surface area contributed by atoms with Gasteiger partial charge in [0.15, 0.2) is 0 Å². The molecule has 0 spiro atoms. The molecule has 1 saturated heterocycles. The van der Waals surface area contributed by atoms with Gasteiger partial charge in [-0.05, 0) is 42.7 Å². The molecule has 1 unspecified atom stereocenters. The van der Waals surface area contributed by atoms with Crippen LogP contribution in [0, 0.1) is 22.7 Å². The van der Waals surface area contributed by atoms with Gasteiger partial charge in [0.2, 0.25) is 5.91 Å². The summed E-state index contributed by atoms with van der Waals surface area (Å²) in [7, 11) is 0. The molecule has 0 radical (unpaired) electrons. The Morgan fingerprint density at radius 2 is 1.94 bits per heavy atom. The maximum atomic E-state index is 12.1. The fourth-order valence-electron chi connectivity index (χ4n) is 3.31. The molecule has 0 aromatic rings. The first kappa shape index (κ1) is 12.9. The molecule has 1 aliphatic carbocycles. The summed E-state index contributed by atoms with van der Waals surface area (Å²) in [6, 6.07) is 0. The van der Waals surface area contributed by atoms with Gasteiger partial charge >= 0.3 is 0 Å². The number of rotatable bonds is 4. The van der Waals surface area contributed by atoms with E-state index in [-0.39, 0.29) is 22.7 Å². The van der Waals surface area contributed by atoms with Crippen LogP contribution in [0.5, 0.6) is 0 Å². The maximum absolute atomic E-state index is 12.1. The number of hydrogen-bond acceptors (Lipinski definition) is 2. The molecule has 1 saturated carbocycles. The standard InChI is InChI=1S/C14H26N2O/c1-13(2)11(14(13,3)4)12(17)16-8-6-10-5-7-15-9-10/h10-11,15H,5-9H2,1-4H3,(H,16,17). The van der Waals surface area contributed by atoms with Crippen molar-refractivity contribution < 1.29 is 4.79 Å². The van der Waals surface area contributed by atoms with E-state index in [1.165, 1.54) is 6.42 Å². The zero-order chi connectivity index (χ0) is 12.7. The van der Waals surface area contributed by atoms with Gasteiger partial charge in [0, 0.05) is 12.5 Å². The van der Waals surface area contributed by atoms with Crippen LogP contribution in [0.1, 0.15) is 40.5 Å². The van der Waals surface area contributed by atoms with Crippen LogP contribution in [0.25, 0.3) is 0 Å². The molecule has 2 rings (SSSR count). The first-order valence-corrected chi connectivity index (χ1v) is 6.86. The summed E-state index contributed by atoms with van der Waals surface area (Å²) in [5.74, 6) is 1.21. The summed E-state index contributed by atoms with van der Waals surface area (Å²) >= 11 is 0. The third-order valence-corrected chi connectivity index (χ3v) is 5.30. The van der Waals surface area contributed by atoms with Crippen LogP contribution in [0.4, 0.5) is 0 Å². The molecule has 1 aliphatic heterocycles. The summed E-state index contributed by atoms with van der Waals surface area (Å²) in [4.78, 5) is 12.1. The highest BCUT2D eigenvalue weighted by Crippen LogP contribution is 2.68. The van der Waals surface area contributed by atoms with Crippen molar-refractivity contribution in [1.82, 2.24) is 10.6 Å². The van der Waals surface area contributed by atoms with Crippen LogP contribution in [-0.4, -0.2) is 25.5 Å². The lowest BCUT2D eigenvalue weighted by Crippen LogP contribution is -2.29. The Hall–Kier alpha value is -0.570. The summed E-state index contributed by atoms with van der Waals surface area (Å²) in [6.07, 6.45) is 2.38. The summed E-state index contributed by atoms with van der Waals surface area (Å²) in [5, 5.41) is 6.48. The fraction of sp³-hybridized carbons (Fsp3) is 0.929. The van der Waals surface area contributed by atoms with Crippen LogP contribution >= 0.6 is 0 Å². The second kappa shape index (κ2) is 4.27. The van der Waals surface area contributed by atoms with Gasteiger partial charge in [-0.15, -0.1) is 0 Å². The minimum atomic E-state index is 0.159. The molecule has 1 atom stereocenters. The zero-order valence-electron chi connectivity index (χ0n) is 11.6. The van der Waals surface area contributed by atoms with Gasteiger partial charge in [-0.25, -0.2) is 0 Å². The number of carbonyl (C=O) groups is 1. The Bertz CT molecular complexity index is 289. The third kappa shape index (κ3) is 2.22. The lowest BCUT2D eigenvalue weighted by atomic mass is 10.0. The van der Waals surface area contributed by atoms with Crippen molar-refractivity contribution in [2.75, 3.05) is 19.6 Å². The highest BCUT2D eigenvalue weighted by atomic mass is 16.2. The Morgan fingerprint density at radius 3 is 2.41 bits per heavy atom. The van der Waals surface area contributed by atoms with Gasteiger partial charge in [-0.1, -0.05) is 27.7 Å². The molecule has 2 N–H and O–H groups in total. The molecule has 0 bridgehead atoms. The first-order valence-electron chi connectivity index (χ1n) is 6.86. The number of carbonyl (C=O) groups excluding carboxylic acids is 1. The highest BCUT2D eigenvalue weighted by molar-refractivity contribution is 5.84. The summed E-state index contributed by atoms with van der Waals surface area (Å²) < 4.78 is 0. The van der Waals surface area contributed by atoms with E-state index >= 15 is 0 Å². The second-order valence-electron chi connectivity index (χ2n) is 6.81. The predicted octanol–water partition coefficient (Wildman–Crippen LogP) is 1.78. The second-order valence-corrected chi connectivity index (χ2v) is 6.81. The quantitative estimate of drug-likeness (QED) is 0.784. The van der Waals surface area contributed by atoms with Crippen LogP contribution < -0.4 is 10.6 Å². The van der Waals surface area contributed by atoms with E-state index in [9.17, 15) is 4.79 Å². The molecule has 3 nitrogen and oxygen atoms in total. The Labute approximate surface area is 105 Å². The number of amides is 1. The van der Waals surface area contributed by atoms with Gasteiger partial charge in [-0.2, -0.15) is 0 Å². The topological polar surface area (TPSA) is 41.1 Å².